The van der Waals surface area contributed by atoms with E-state index in [-0.39, 0.29) is 0 Å². The molecule has 0 saturated heterocycles. The molecule has 0 aliphatic carbocycles. The molecule has 64 heavy (non-hydrogen) atoms. The predicted molar refractivity (Wildman–Crippen MR) is 266 cm³/mol. The van der Waals surface area contributed by atoms with E-state index in [0.29, 0.717) is 17.5 Å². The van der Waals surface area contributed by atoms with Gasteiger partial charge in [-0.05, 0) is 83.6 Å². The fourth-order valence-corrected chi connectivity index (χ4v) is 8.97. The number of aromatic nitrogens is 3. The number of fused-ring (bicyclic) bond motifs is 1. The predicted octanol–water partition coefficient (Wildman–Crippen LogP) is 16.0. The summed E-state index contributed by atoms with van der Waals surface area (Å²) in [7, 11) is 0. The first-order valence-corrected chi connectivity index (χ1v) is 21.7. The van der Waals surface area contributed by atoms with Gasteiger partial charge in [-0.1, -0.05) is 243 Å². The summed E-state index contributed by atoms with van der Waals surface area (Å²) in [6, 6.07) is 88.2. The third-order valence-corrected chi connectivity index (χ3v) is 11.9. The van der Waals surface area contributed by atoms with Gasteiger partial charge in [-0.3, -0.25) is 0 Å². The van der Waals surface area contributed by atoms with E-state index >= 15 is 0 Å². The molecule has 0 aliphatic rings. The van der Waals surface area contributed by atoms with Crippen molar-refractivity contribution in [2.75, 3.05) is 0 Å². The smallest absolute Gasteiger partial charge is 0.164 e. The first kappa shape index (κ1) is 38.4. The molecule has 0 spiro atoms. The Kier molecular flexibility index (Phi) is 10.3. The van der Waals surface area contributed by atoms with Crippen LogP contribution in [0.3, 0.4) is 0 Å². The fraction of sp³-hybridized carbons (Fsp3) is 0. The van der Waals surface area contributed by atoms with Crippen molar-refractivity contribution in [1.82, 2.24) is 15.0 Å². The van der Waals surface area contributed by atoms with Crippen LogP contribution < -0.4 is 0 Å². The number of hydrogen-bond acceptors (Lipinski definition) is 3. The maximum Gasteiger partial charge on any atom is 0.164 e. The molecule has 0 N–H and O–H groups in total. The summed E-state index contributed by atoms with van der Waals surface area (Å²) in [5, 5.41) is 2.31. The second kappa shape index (κ2) is 17.1. The summed E-state index contributed by atoms with van der Waals surface area (Å²) in [5.74, 6) is 1.88. The van der Waals surface area contributed by atoms with Crippen molar-refractivity contribution in [2.45, 2.75) is 0 Å². The molecule has 0 saturated carbocycles. The molecule has 300 valence electrons. The Bertz CT molecular complexity index is 3270. The summed E-state index contributed by atoms with van der Waals surface area (Å²) >= 11 is 0. The van der Waals surface area contributed by atoms with E-state index in [9.17, 15) is 0 Å². The molecule has 10 aromatic carbocycles. The minimum atomic E-state index is 0.615. The lowest BCUT2D eigenvalue weighted by Gasteiger charge is -2.28. The van der Waals surface area contributed by atoms with Gasteiger partial charge in [-0.25, -0.2) is 15.0 Å². The maximum absolute atomic E-state index is 5.17. The lowest BCUT2D eigenvalue weighted by atomic mass is 9.74. The quantitative estimate of drug-likeness (QED) is 0.146. The monoisotopic (exact) mass is 815 g/mol. The summed E-state index contributed by atoms with van der Waals surface area (Å²) in [4.78, 5) is 15.3. The van der Waals surface area contributed by atoms with Crippen molar-refractivity contribution in [1.29, 1.82) is 0 Å². The number of rotatable bonds is 9. The molecule has 3 heteroatoms. The van der Waals surface area contributed by atoms with Crippen LogP contribution in [-0.4, -0.2) is 15.0 Å². The van der Waals surface area contributed by atoms with Gasteiger partial charge < -0.3 is 0 Å². The molecule has 0 bridgehead atoms. The Morgan fingerprint density at radius 2 is 0.406 bits per heavy atom. The first-order chi connectivity index (χ1) is 31.8. The standard InChI is InChI=1S/C61H41N3/c1-7-22-43(23-8-1)53-54(44-24-9-2-10-25-44)56(46-28-13-4-14-29-46)58(57(47-30-15-5-16-31-47)55(53)45-26-11-3-12-27-45)48-36-38-50(39-37-48)60-62-59(49-32-17-6-18-33-49)63-61(64-60)52-40-35-42-21-19-20-34-51(42)41-52/h1-41H. The van der Waals surface area contributed by atoms with Gasteiger partial charge in [0.15, 0.2) is 17.5 Å². The van der Waals surface area contributed by atoms with E-state index < -0.39 is 0 Å². The summed E-state index contributed by atoms with van der Waals surface area (Å²) in [6.45, 7) is 0. The van der Waals surface area contributed by atoms with Gasteiger partial charge in [0, 0.05) is 16.7 Å². The second-order valence-corrected chi connectivity index (χ2v) is 15.9. The third-order valence-electron chi connectivity index (χ3n) is 11.9. The molecular formula is C61H41N3. The summed E-state index contributed by atoms with van der Waals surface area (Å²) in [5.41, 5.74) is 16.6. The molecule has 3 nitrogen and oxygen atoms in total. The van der Waals surface area contributed by atoms with E-state index in [0.717, 1.165) is 61.0 Å². The van der Waals surface area contributed by atoms with Crippen molar-refractivity contribution < 1.29 is 0 Å². The molecule has 0 amide bonds. The fourth-order valence-electron chi connectivity index (χ4n) is 8.97. The third kappa shape index (κ3) is 7.36. The maximum atomic E-state index is 5.17. The average molecular weight is 816 g/mol. The topological polar surface area (TPSA) is 38.7 Å². The van der Waals surface area contributed by atoms with E-state index in [1.807, 2.05) is 18.2 Å². The van der Waals surface area contributed by atoms with Gasteiger partial charge >= 0.3 is 0 Å². The number of benzene rings is 10. The van der Waals surface area contributed by atoms with Gasteiger partial charge in [0.05, 0.1) is 0 Å². The van der Waals surface area contributed by atoms with Crippen LogP contribution in [0.25, 0.3) is 112 Å². The Morgan fingerprint density at radius 3 is 0.766 bits per heavy atom. The lowest BCUT2D eigenvalue weighted by molar-refractivity contribution is 1.07. The highest BCUT2D eigenvalue weighted by Crippen LogP contribution is 2.55. The van der Waals surface area contributed by atoms with E-state index in [4.69, 9.17) is 15.0 Å². The van der Waals surface area contributed by atoms with Gasteiger partial charge in [-0.15, -0.1) is 0 Å². The molecule has 11 aromatic rings. The highest BCUT2D eigenvalue weighted by Gasteiger charge is 2.29. The minimum Gasteiger partial charge on any atom is -0.208 e. The molecule has 0 unspecified atom stereocenters. The van der Waals surface area contributed by atoms with Crippen molar-refractivity contribution in [3.05, 3.63) is 249 Å². The number of hydrogen-bond donors (Lipinski definition) is 0. The minimum absolute atomic E-state index is 0.615. The highest BCUT2D eigenvalue weighted by atomic mass is 15.0. The van der Waals surface area contributed by atoms with E-state index in [1.54, 1.807) is 0 Å². The first-order valence-electron chi connectivity index (χ1n) is 21.7. The zero-order valence-electron chi connectivity index (χ0n) is 35.0. The molecule has 11 rings (SSSR count). The normalized spacial score (nSPS) is 11.1. The Labute approximate surface area is 373 Å². The van der Waals surface area contributed by atoms with Gasteiger partial charge in [0.25, 0.3) is 0 Å². The zero-order chi connectivity index (χ0) is 42.7. The van der Waals surface area contributed by atoms with Crippen LogP contribution in [0.1, 0.15) is 0 Å². The molecular weight excluding hydrogens is 775 g/mol. The largest absolute Gasteiger partial charge is 0.208 e. The van der Waals surface area contributed by atoms with Gasteiger partial charge in [0.1, 0.15) is 0 Å². The average Bonchev–Trinajstić information content (AvgIpc) is 3.39. The van der Waals surface area contributed by atoms with Crippen molar-refractivity contribution >= 4 is 10.8 Å². The van der Waals surface area contributed by atoms with Crippen LogP contribution in [0.2, 0.25) is 0 Å². The molecule has 0 atom stereocenters. The van der Waals surface area contributed by atoms with Crippen molar-refractivity contribution in [2.24, 2.45) is 0 Å². The highest BCUT2D eigenvalue weighted by molar-refractivity contribution is 6.15. The molecule has 1 heterocycles. The molecule has 0 radical (unpaired) electrons. The van der Waals surface area contributed by atoms with Crippen LogP contribution in [0.4, 0.5) is 0 Å². The molecule has 0 aliphatic heterocycles. The van der Waals surface area contributed by atoms with Crippen LogP contribution in [0.15, 0.2) is 249 Å². The molecule has 0 fully saturated rings. The van der Waals surface area contributed by atoms with Crippen LogP contribution in [0.5, 0.6) is 0 Å². The van der Waals surface area contributed by atoms with Crippen LogP contribution in [-0.2, 0) is 0 Å². The van der Waals surface area contributed by atoms with Crippen molar-refractivity contribution in [3.8, 4) is 101 Å². The van der Waals surface area contributed by atoms with Gasteiger partial charge in [0.2, 0.25) is 0 Å². The summed E-state index contributed by atoms with van der Waals surface area (Å²) < 4.78 is 0. The Balaban J connectivity index is 1.20. The Hall–Kier alpha value is -8.53. The van der Waals surface area contributed by atoms with Crippen LogP contribution >= 0.6 is 0 Å². The van der Waals surface area contributed by atoms with Crippen molar-refractivity contribution in [3.63, 3.8) is 0 Å². The van der Waals surface area contributed by atoms with Crippen LogP contribution in [0, 0.1) is 0 Å². The number of nitrogens with zero attached hydrogens (tertiary/aromatic N) is 3. The molecule has 1 aromatic heterocycles. The van der Waals surface area contributed by atoms with E-state index in [2.05, 4.69) is 231 Å². The lowest BCUT2D eigenvalue weighted by Crippen LogP contribution is -2.02. The van der Waals surface area contributed by atoms with E-state index in [1.165, 1.54) is 33.2 Å². The zero-order valence-corrected chi connectivity index (χ0v) is 35.0. The summed E-state index contributed by atoms with van der Waals surface area (Å²) in [6.07, 6.45) is 0. The second-order valence-electron chi connectivity index (χ2n) is 15.9. The van der Waals surface area contributed by atoms with Gasteiger partial charge in [-0.2, -0.15) is 0 Å². The Morgan fingerprint density at radius 1 is 0.172 bits per heavy atom. The SMILES string of the molecule is c1ccc(-c2nc(-c3ccc(-c4c(-c5ccccc5)c(-c5ccccc5)c(-c5ccccc5)c(-c5ccccc5)c4-c4ccccc4)cc3)nc(-c3ccc4ccccc4c3)n2)cc1.